The number of rotatable bonds is 5. The zero-order valence-corrected chi connectivity index (χ0v) is 12.5. The Morgan fingerprint density at radius 1 is 1.55 bits per heavy atom. The van der Waals surface area contributed by atoms with Crippen molar-refractivity contribution in [3.8, 4) is 0 Å². The fourth-order valence-electron chi connectivity index (χ4n) is 2.65. The number of aromatic nitrogens is 2. The first-order valence-corrected chi connectivity index (χ1v) is 7.12. The summed E-state index contributed by atoms with van der Waals surface area (Å²) in [6.45, 7) is 5.24. The molecule has 0 saturated carbocycles. The molecule has 1 fully saturated rings. The van der Waals surface area contributed by atoms with E-state index in [9.17, 15) is 4.79 Å². The molecule has 6 nitrogen and oxygen atoms in total. The van der Waals surface area contributed by atoms with Gasteiger partial charge < -0.3 is 15.4 Å². The number of carbonyl (C=O) groups excluding carboxylic acids is 1. The van der Waals surface area contributed by atoms with Gasteiger partial charge in [-0.05, 0) is 20.3 Å². The average Bonchev–Trinajstić information content (AvgIpc) is 2.89. The van der Waals surface area contributed by atoms with E-state index in [0.717, 1.165) is 12.0 Å². The maximum absolute atomic E-state index is 12.2. The Kier molecular flexibility index (Phi) is 4.77. The summed E-state index contributed by atoms with van der Waals surface area (Å²) in [5, 5.41) is 4.36. The van der Waals surface area contributed by atoms with E-state index in [1.54, 1.807) is 7.11 Å². The number of ether oxygens (including phenoxy) is 1. The quantitative estimate of drug-likeness (QED) is 0.876. The highest BCUT2D eigenvalue weighted by Gasteiger charge is 2.35. The van der Waals surface area contributed by atoms with E-state index in [1.807, 2.05) is 22.0 Å². The molecule has 1 aromatic rings. The van der Waals surface area contributed by atoms with Gasteiger partial charge in [0.1, 0.15) is 0 Å². The second-order valence-corrected chi connectivity index (χ2v) is 5.57. The molecule has 1 aliphatic heterocycles. The van der Waals surface area contributed by atoms with Gasteiger partial charge in [-0.15, -0.1) is 0 Å². The Morgan fingerprint density at radius 3 is 2.90 bits per heavy atom. The molecule has 2 rings (SSSR count). The Bertz CT molecular complexity index is 458. The molecule has 1 aromatic heterocycles. The number of nitrogens with zero attached hydrogens (tertiary/aromatic N) is 3. The van der Waals surface area contributed by atoms with E-state index in [0.29, 0.717) is 25.6 Å². The van der Waals surface area contributed by atoms with Gasteiger partial charge in [0, 0.05) is 43.9 Å². The van der Waals surface area contributed by atoms with E-state index < -0.39 is 0 Å². The average molecular weight is 280 g/mol. The largest absolute Gasteiger partial charge is 0.383 e. The van der Waals surface area contributed by atoms with Gasteiger partial charge in [0.25, 0.3) is 0 Å². The van der Waals surface area contributed by atoms with Gasteiger partial charge in [-0.2, -0.15) is 5.10 Å². The molecule has 1 amide bonds. The monoisotopic (exact) mass is 280 g/mol. The van der Waals surface area contributed by atoms with Crippen molar-refractivity contribution in [1.29, 1.82) is 0 Å². The van der Waals surface area contributed by atoms with Gasteiger partial charge in [0.2, 0.25) is 5.91 Å². The molecule has 0 spiro atoms. The van der Waals surface area contributed by atoms with E-state index in [-0.39, 0.29) is 18.0 Å². The third-order valence-corrected chi connectivity index (χ3v) is 3.78. The lowest BCUT2D eigenvalue weighted by molar-refractivity contribution is -0.138. The van der Waals surface area contributed by atoms with Crippen LogP contribution in [0.3, 0.4) is 0 Å². The lowest BCUT2D eigenvalue weighted by Gasteiger charge is -2.39. The third kappa shape index (κ3) is 3.02. The van der Waals surface area contributed by atoms with Gasteiger partial charge >= 0.3 is 0 Å². The van der Waals surface area contributed by atoms with E-state index in [1.165, 1.54) is 0 Å². The van der Waals surface area contributed by atoms with Crippen LogP contribution in [0.15, 0.2) is 12.4 Å². The molecule has 1 saturated heterocycles. The summed E-state index contributed by atoms with van der Waals surface area (Å²) in [4.78, 5) is 14.0. The van der Waals surface area contributed by atoms with Crippen molar-refractivity contribution in [1.82, 2.24) is 14.7 Å². The second kappa shape index (κ2) is 6.37. The molecule has 1 aliphatic rings. The molecule has 0 bridgehead atoms. The standard InChI is InChI=1S/C14H24N4O2/c1-10(2)18-9-11(8-16-18)14-12(15)4-5-13(19)17(14)6-7-20-3/h8-10,12,14H,4-7,15H2,1-3H3. The van der Waals surface area contributed by atoms with Crippen molar-refractivity contribution in [2.24, 2.45) is 5.73 Å². The summed E-state index contributed by atoms with van der Waals surface area (Å²) in [5.74, 6) is 0.144. The van der Waals surface area contributed by atoms with Crippen LogP contribution in [0.25, 0.3) is 0 Å². The number of amides is 1. The number of hydrogen-bond donors (Lipinski definition) is 1. The predicted molar refractivity (Wildman–Crippen MR) is 76.2 cm³/mol. The van der Waals surface area contributed by atoms with Gasteiger partial charge in [0.05, 0.1) is 18.8 Å². The molecular formula is C14H24N4O2. The first-order valence-electron chi connectivity index (χ1n) is 7.12. The maximum atomic E-state index is 12.2. The fraction of sp³-hybridized carbons (Fsp3) is 0.714. The van der Waals surface area contributed by atoms with Crippen LogP contribution in [-0.2, 0) is 9.53 Å². The lowest BCUT2D eigenvalue weighted by Crippen LogP contribution is -2.49. The Morgan fingerprint density at radius 2 is 2.30 bits per heavy atom. The van der Waals surface area contributed by atoms with Crippen LogP contribution in [0.1, 0.15) is 44.3 Å². The van der Waals surface area contributed by atoms with Crippen LogP contribution >= 0.6 is 0 Å². The number of carbonyl (C=O) groups is 1. The summed E-state index contributed by atoms with van der Waals surface area (Å²) < 4.78 is 7.00. The molecular weight excluding hydrogens is 256 g/mol. The minimum Gasteiger partial charge on any atom is -0.383 e. The van der Waals surface area contributed by atoms with Crippen molar-refractivity contribution in [2.45, 2.75) is 44.8 Å². The second-order valence-electron chi connectivity index (χ2n) is 5.57. The maximum Gasteiger partial charge on any atom is 0.223 e. The van der Waals surface area contributed by atoms with Crippen LogP contribution in [0.2, 0.25) is 0 Å². The lowest BCUT2D eigenvalue weighted by atomic mass is 9.92. The third-order valence-electron chi connectivity index (χ3n) is 3.78. The molecule has 112 valence electrons. The predicted octanol–water partition coefficient (Wildman–Crippen LogP) is 1.10. The van der Waals surface area contributed by atoms with Gasteiger partial charge in [-0.1, -0.05) is 0 Å². The van der Waals surface area contributed by atoms with Crippen molar-refractivity contribution in [2.75, 3.05) is 20.3 Å². The number of likely N-dealkylation sites (tertiary alicyclic amines) is 1. The summed E-state index contributed by atoms with van der Waals surface area (Å²) >= 11 is 0. The normalized spacial score (nSPS) is 23.6. The smallest absolute Gasteiger partial charge is 0.223 e. The van der Waals surface area contributed by atoms with Crippen LogP contribution in [0.5, 0.6) is 0 Å². The summed E-state index contributed by atoms with van der Waals surface area (Å²) in [5.41, 5.74) is 7.26. The van der Waals surface area contributed by atoms with Crippen LogP contribution < -0.4 is 5.73 Å². The molecule has 0 radical (unpaired) electrons. The molecule has 2 heterocycles. The molecule has 0 aromatic carbocycles. The number of methoxy groups -OCH3 is 1. The summed E-state index contributed by atoms with van der Waals surface area (Å²) in [7, 11) is 1.64. The molecule has 2 unspecified atom stereocenters. The first kappa shape index (κ1) is 15.0. The number of hydrogen-bond acceptors (Lipinski definition) is 4. The Labute approximate surface area is 119 Å². The molecule has 20 heavy (non-hydrogen) atoms. The minimum absolute atomic E-state index is 0.0469. The number of nitrogens with two attached hydrogens (primary N) is 1. The highest BCUT2D eigenvalue weighted by Crippen LogP contribution is 2.30. The zero-order chi connectivity index (χ0) is 14.7. The van der Waals surface area contributed by atoms with E-state index in [2.05, 4.69) is 18.9 Å². The van der Waals surface area contributed by atoms with Crippen molar-refractivity contribution < 1.29 is 9.53 Å². The molecule has 0 aliphatic carbocycles. The molecule has 6 heteroatoms. The van der Waals surface area contributed by atoms with E-state index in [4.69, 9.17) is 10.5 Å². The summed E-state index contributed by atoms with van der Waals surface area (Å²) in [6.07, 6.45) is 5.05. The van der Waals surface area contributed by atoms with E-state index >= 15 is 0 Å². The zero-order valence-electron chi connectivity index (χ0n) is 12.5. The SMILES string of the molecule is COCCN1C(=O)CCC(N)C1c1cnn(C(C)C)c1. The van der Waals surface area contributed by atoms with Gasteiger partial charge in [0.15, 0.2) is 0 Å². The van der Waals surface area contributed by atoms with Gasteiger partial charge in [-0.25, -0.2) is 0 Å². The van der Waals surface area contributed by atoms with Crippen molar-refractivity contribution >= 4 is 5.91 Å². The summed E-state index contributed by atoms with van der Waals surface area (Å²) in [6, 6.07) is 0.153. The topological polar surface area (TPSA) is 73.4 Å². The first-order chi connectivity index (χ1) is 9.54. The van der Waals surface area contributed by atoms with Crippen molar-refractivity contribution in [3.63, 3.8) is 0 Å². The Hall–Kier alpha value is -1.40. The van der Waals surface area contributed by atoms with Crippen LogP contribution in [-0.4, -0.2) is 46.9 Å². The number of piperidine rings is 1. The molecule has 2 N–H and O–H groups in total. The Balaban J connectivity index is 2.24. The van der Waals surface area contributed by atoms with Gasteiger partial charge in [-0.3, -0.25) is 9.48 Å². The van der Waals surface area contributed by atoms with Crippen LogP contribution in [0, 0.1) is 0 Å². The molecule has 2 atom stereocenters. The fourth-order valence-corrected chi connectivity index (χ4v) is 2.65. The van der Waals surface area contributed by atoms with Crippen molar-refractivity contribution in [3.05, 3.63) is 18.0 Å². The highest BCUT2D eigenvalue weighted by atomic mass is 16.5. The van der Waals surface area contributed by atoms with Crippen LogP contribution in [0.4, 0.5) is 0 Å². The highest BCUT2D eigenvalue weighted by molar-refractivity contribution is 5.77. The minimum atomic E-state index is -0.0982.